The van der Waals surface area contributed by atoms with Crippen LogP contribution in [0.1, 0.15) is 33.8 Å². The lowest BCUT2D eigenvalue weighted by Crippen LogP contribution is -2.41. The zero-order valence-electron chi connectivity index (χ0n) is 15.9. The number of carbonyl (C=O) groups is 3. The first-order valence-corrected chi connectivity index (χ1v) is 9.62. The molecule has 0 saturated carbocycles. The fraction of sp³-hybridized carbons (Fsp3) is 0.368. The van der Waals surface area contributed by atoms with Gasteiger partial charge in [0.15, 0.2) is 5.13 Å². The molecule has 1 N–H and O–H groups in total. The van der Waals surface area contributed by atoms with Gasteiger partial charge in [0.1, 0.15) is 16.7 Å². The zero-order valence-corrected chi connectivity index (χ0v) is 16.7. The molecule has 1 fully saturated rings. The summed E-state index contributed by atoms with van der Waals surface area (Å²) in [7, 11) is 3.29. The van der Waals surface area contributed by atoms with Crippen molar-refractivity contribution in [3.8, 4) is 0 Å². The molecule has 0 aliphatic carbocycles. The molecule has 1 aliphatic rings. The molecule has 0 radical (unpaired) electrons. The summed E-state index contributed by atoms with van der Waals surface area (Å²) in [6.45, 7) is 1.73. The summed E-state index contributed by atoms with van der Waals surface area (Å²) in [6.07, 6.45) is 0.584. The maximum Gasteiger partial charge on any atom is 0.265 e. The lowest BCUT2D eigenvalue weighted by molar-refractivity contribution is -0.133. The third-order valence-electron chi connectivity index (χ3n) is 4.56. The van der Waals surface area contributed by atoms with Gasteiger partial charge in [-0.1, -0.05) is 29.5 Å². The van der Waals surface area contributed by atoms with Crippen molar-refractivity contribution in [1.82, 2.24) is 14.8 Å². The number of nitrogens with zero attached hydrogens (tertiary/aromatic N) is 3. The quantitative estimate of drug-likeness (QED) is 0.830. The van der Waals surface area contributed by atoms with Crippen molar-refractivity contribution in [2.75, 3.05) is 19.4 Å². The highest BCUT2D eigenvalue weighted by molar-refractivity contribution is 7.17. The van der Waals surface area contributed by atoms with Crippen LogP contribution in [-0.2, 0) is 16.1 Å². The van der Waals surface area contributed by atoms with E-state index in [1.807, 2.05) is 0 Å². The number of thiazole rings is 1. The molecule has 0 spiro atoms. The Labute approximate surface area is 166 Å². The van der Waals surface area contributed by atoms with Crippen molar-refractivity contribution in [1.29, 1.82) is 0 Å². The van der Waals surface area contributed by atoms with Crippen LogP contribution < -0.4 is 5.32 Å². The fourth-order valence-corrected chi connectivity index (χ4v) is 4.05. The Morgan fingerprint density at radius 3 is 2.75 bits per heavy atom. The number of amides is 3. The average molecular weight is 404 g/mol. The van der Waals surface area contributed by atoms with Gasteiger partial charge < -0.3 is 15.1 Å². The molecule has 2 aromatic rings. The third-order valence-corrected chi connectivity index (χ3v) is 5.62. The summed E-state index contributed by atoms with van der Waals surface area (Å²) in [5.41, 5.74) is 0.893. The van der Waals surface area contributed by atoms with E-state index in [4.69, 9.17) is 0 Å². The maximum atomic E-state index is 14.0. The van der Waals surface area contributed by atoms with E-state index in [0.717, 1.165) is 11.3 Å². The third kappa shape index (κ3) is 4.04. The molecule has 1 aliphatic heterocycles. The van der Waals surface area contributed by atoms with E-state index >= 15 is 0 Å². The Hall–Kier alpha value is -2.81. The molecule has 1 atom stereocenters. The minimum absolute atomic E-state index is 0.0326. The van der Waals surface area contributed by atoms with Crippen molar-refractivity contribution < 1.29 is 18.8 Å². The van der Waals surface area contributed by atoms with Gasteiger partial charge in [-0.25, -0.2) is 9.37 Å². The summed E-state index contributed by atoms with van der Waals surface area (Å²) in [5, 5.41) is 3.00. The fourth-order valence-electron chi connectivity index (χ4n) is 3.05. The molecule has 28 heavy (non-hydrogen) atoms. The minimum atomic E-state index is -0.704. The highest BCUT2D eigenvalue weighted by Gasteiger charge is 2.36. The summed E-state index contributed by atoms with van der Waals surface area (Å²) in [6, 6.07) is 5.48. The monoisotopic (exact) mass is 404 g/mol. The van der Waals surface area contributed by atoms with Crippen LogP contribution in [-0.4, -0.2) is 52.6 Å². The molecule has 1 aromatic heterocycles. The summed E-state index contributed by atoms with van der Waals surface area (Å²) in [5.74, 6) is -1.18. The van der Waals surface area contributed by atoms with E-state index in [1.54, 1.807) is 39.2 Å². The second-order valence-corrected chi connectivity index (χ2v) is 7.79. The first-order valence-electron chi connectivity index (χ1n) is 8.80. The van der Waals surface area contributed by atoms with E-state index in [9.17, 15) is 18.8 Å². The Bertz CT molecular complexity index is 928. The number of likely N-dealkylation sites (tertiary alicyclic amines) is 1. The van der Waals surface area contributed by atoms with Crippen LogP contribution in [0.2, 0.25) is 0 Å². The number of aromatic nitrogens is 1. The van der Waals surface area contributed by atoms with Crippen LogP contribution in [0.4, 0.5) is 9.52 Å². The van der Waals surface area contributed by atoms with Crippen molar-refractivity contribution in [2.45, 2.75) is 32.4 Å². The first-order chi connectivity index (χ1) is 13.3. The van der Waals surface area contributed by atoms with Crippen LogP contribution in [0.15, 0.2) is 24.3 Å². The molecule has 3 amide bonds. The van der Waals surface area contributed by atoms with Gasteiger partial charge in [-0.15, -0.1) is 0 Å². The van der Waals surface area contributed by atoms with E-state index in [2.05, 4.69) is 10.3 Å². The molecular formula is C19H21FN4O3S. The largest absolute Gasteiger partial charge is 0.344 e. The first kappa shape index (κ1) is 19.9. The van der Waals surface area contributed by atoms with Gasteiger partial charge in [0.05, 0.1) is 5.69 Å². The highest BCUT2D eigenvalue weighted by atomic mass is 32.1. The second kappa shape index (κ2) is 8.05. The van der Waals surface area contributed by atoms with E-state index in [1.165, 1.54) is 15.9 Å². The van der Waals surface area contributed by atoms with Crippen LogP contribution in [0.3, 0.4) is 0 Å². The number of rotatable bonds is 5. The Morgan fingerprint density at radius 2 is 2.07 bits per heavy atom. The van der Waals surface area contributed by atoms with E-state index < -0.39 is 11.9 Å². The van der Waals surface area contributed by atoms with Gasteiger partial charge in [0.2, 0.25) is 11.8 Å². The summed E-state index contributed by atoms with van der Waals surface area (Å²) in [4.78, 5) is 44.7. The normalized spacial score (nSPS) is 16.4. The molecule has 2 heterocycles. The minimum Gasteiger partial charge on any atom is -0.344 e. The van der Waals surface area contributed by atoms with Crippen molar-refractivity contribution >= 4 is 34.2 Å². The second-order valence-electron chi connectivity index (χ2n) is 6.79. The number of benzene rings is 1. The number of hydrogen-bond donors (Lipinski definition) is 1. The topological polar surface area (TPSA) is 82.6 Å². The lowest BCUT2D eigenvalue weighted by Gasteiger charge is -2.24. The van der Waals surface area contributed by atoms with Gasteiger partial charge in [-0.2, -0.15) is 0 Å². The summed E-state index contributed by atoms with van der Waals surface area (Å²) >= 11 is 1.09. The Morgan fingerprint density at radius 1 is 1.36 bits per heavy atom. The number of anilines is 1. The van der Waals surface area contributed by atoms with Crippen molar-refractivity contribution in [2.24, 2.45) is 0 Å². The molecular weight excluding hydrogens is 383 g/mol. The van der Waals surface area contributed by atoms with Gasteiger partial charge in [-0.05, 0) is 19.4 Å². The number of hydrogen-bond acceptors (Lipinski definition) is 5. The van der Waals surface area contributed by atoms with Crippen LogP contribution in [0, 0.1) is 12.7 Å². The summed E-state index contributed by atoms with van der Waals surface area (Å²) < 4.78 is 14.0. The molecule has 1 saturated heterocycles. The zero-order chi connectivity index (χ0) is 20.4. The number of halogens is 1. The number of nitrogens with one attached hydrogen (secondary N) is 1. The van der Waals surface area contributed by atoms with Gasteiger partial charge in [0.25, 0.3) is 5.91 Å². The molecule has 3 rings (SSSR count). The SMILES string of the molecule is Cc1nc(NC(=O)C2CCC(=O)N2Cc2ccccc2F)sc1C(=O)N(C)C. The molecule has 148 valence electrons. The van der Waals surface area contributed by atoms with Crippen molar-refractivity contribution in [3.63, 3.8) is 0 Å². The Kier molecular flexibility index (Phi) is 5.73. The number of aryl methyl sites for hydroxylation is 1. The molecule has 7 nitrogen and oxygen atoms in total. The van der Waals surface area contributed by atoms with Crippen LogP contribution >= 0.6 is 11.3 Å². The molecule has 9 heteroatoms. The standard InChI is InChI=1S/C19H21FN4O3S/c1-11-16(18(27)23(2)3)28-19(21-11)22-17(26)14-8-9-15(25)24(14)10-12-6-4-5-7-13(12)20/h4-7,14H,8-10H2,1-3H3,(H,21,22,26). The lowest BCUT2D eigenvalue weighted by atomic mass is 10.1. The van der Waals surface area contributed by atoms with Gasteiger partial charge in [-0.3, -0.25) is 14.4 Å². The smallest absolute Gasteiger partial charge is 0.265 e. The Balaban J connectivity index is 1.74. The maximum absolute atomic E-state index is 14.0. The molecule has 0 bridgehead atoms. The highest BCUT2D eigenvalue weighted by Crippen LogP contribution is 2.27. The number of carbonyl (C=O) groups excluding carboxylic acids is 3. The predicted octanol–water partition coefficient (Wildman–Crippen LogP) is 2.42. The molecule has 1 aromatic carbocycles. The van der Waals surface area contributed by atoms with Gasteiger partial charge >= 0.3 is 0 Å². The van der Waals surface area contributed by atoms with E-state index in [-0.39, 0.29) is 30.7 Å². The van der Waals surface area contributed by atoms with Crippen LogP contribution in [0.5, 0.6) is 0 Å². The van der Waals surface area contributed by atoms with Crippen LogP contribution in [0.25, 0.3) is 0 Å². The average Bonchev–Trinajstić information content (AvgIpc) is 3.19. The molecule has 1 unspecified atom stereocenters. The van der Waals surface area contributed by atoms with Crippen molar-refractivity contribution in [3.05, 3.63) is 46.2 Å². The predicted molar refractivity (Wildman–Crippen MR) is 103 cm³/mol. The van der Waals surface area contributed by atoms with Gasteiger partial charge in [0, 0.05) is 32.6 Å². The van der Waals surface area contributed by atoms with E-state index in [0.29, 0.717) is 27.7 Å².